The number of aromatic amines is 1. The van der Waals surface area contributed by atoms with E-state index in [1.54, 1.807) is 34.7 Å². The first-order valence-electron chi connectivity index (χ1n) is 11.8. The van der Waals surface area contributed by atoms with Gasteiger partial charge in [-0.1, -0.05) is 0 Å². The van der Waals surface area contributed by atoms with E-state index in [0.717, 1.165) is 55.5 Å². The van der Waals surface area contributed by atoms with Crippen molar-refractivity contribution in [3.8, 4) is 0 Å². The van der Waals surface area contributed by atoms with Crippen LogP contribution in [0.2, 0.25) is 0 Å². The summed E-state index contributed by atoms with van der Waals surface area (Å²) in [6.45, 7) is 4.62. The summed E-state index contributed by atoms with van der Waals surface area (Å²) in [6, 6.07) is 7.50. The lowest BCUT2D eigenvalue weighted by molar-refractivity contribution is 0.0707. The van der Waals surface area contributed by atoms with Gasteiger partial charge in [0.2, 0.25) is 0 Å². The van der Waals surface area contributed by atoms with E-state index >= 15 is 0 Å². The van der Waals surface area contributed by atoms with Gasteiger partial charge in [0.25, 0.3) is 17.4 Å². The first-order valence-corrected chi connectivity index (χ1v) is 11.8. The quantitative estimate of drug-likeness (QED) is 0.668. The smallest absolute Gasteiger partial charge is 0.260 e. The van der Waals surface area contributed by atoms with E-state index < -0.39 is 0 Å². The molecule has 0 saturated carbocycles. The van der Waals surface area contributed by atoms with Gasteiger partial charge < -0.3 is 14.8 Å². The lowest BCUT2D eigenvalue weighted by Gasteiger charge is -2.32. The highest BCUT2D eigenvalue weighted by molar-refractivity contribution is 6.00. The SMILES string of the molecule is Cc1ccc(C(=O)N2CCC(c3ccn4ncc(C(=O)N5CCCCC5)c4c3)CC2)c(=O)[nH]1. The summed E-state index contributed by atoms with van der Waals surface area (Å²) >= 11 is 0. The van der Waals surface area contributed by atoms with Crippen molar-refractivity contribution in [1.29, 1.82) is 0 Å². The van der Waals surface area contributed by atoms with Crippen molar-refractivity contribution in [3.05, 3.63) is 69.4 Å². The summed E-state index contributed by atoms with van der Waals surface area (Å²) in [7, 11) is 0. The average molecular weight is 448 g/mol. The molecule has 0 aliphatic carbocycles. The third-order valence-electron chi connectivity index (χ3n) is 6.96. The van der Waals surface area contributed by atoms with Crippen molar-refractivity contribution in [2.24, 2.45) is 0 Å². The molecule has 0 spiro atoms. The molecule has 0 atom stereocenters. The van der Waals surface area contributed by atoms with Crippen LogP contribution in [0.1, 0.15) is 70.0 Å². The molecule has 0 aromatic carbocycles. The molecular formula is C25H29N5O3. The van der Waals surface area contributed by atoms with Gasteiger partial charge in [0.05, 0.1) is 17.3 Å². The molecule has 8 nitrogen and oxygen atoms in total. The van der Waals surface area contributed by atoms with E-state index in [-0.39, 0.29) is 22.9 Å². The van der Waals surface area contributed by atoms with Gasteiger partial charge in [-0.15, -0.1) is 0 Å². The minimum absolute atomic E-state index is 0.0607. The summed E-state index contributed by atoms with van der Waals surface area (Å²) in [5.74, 6) is 0.143. The number of aryl methyl sites for hydroxylation is 1. The molecule has 0 radical (unpaired) electrons. The maximum absolute atomic E-state index is 13.1. The molecule has 2 aliphatic heterocycles. The molecule has 3 aromatic rings. The number of likely N-dealkylation sites (tertiary alicyclic amines) is 2. The second-order valence-corrected chi connectivity index (χ2v) is 9.15. The van der Waals surface area contributed by atoms with Gasteiger partial charge in [-0.3, -0.25) is 14.4 Å². The zero-order valence-electron chi connectivity index (χ0n) is 18.9. The van der Waals surface area contributed by atoms with Crippen LogP contribution >= 0.6 is 0 Å². The lowest BCUT2D eigenvalue weighted by Crippen LogP contribution is -2.40. The minimum atomic E-state index is -0.334. The highest BCUT2D eigenvalue weighted by atomic mass is 16.2. The van der Waals surface area contributed by atoms with Gasteiger partial charge in [-0.25, -0.2) is 4.52 Å². The number of aromatic nitrogens is 3. The second kappa shape index (κ2) is 8.84. The monoisotopic (exact) mass is 447 g/mol. The summed E-state index contributed by atoms with van der Waals surface area (Å²) in [5.41, 5.74) is 3.26. The predicted molar refractivity (Wildman–Crippen MR) is 125 cm³/mol. The van der Waals surface area contributed by atoms with Crippen molar-refractivity contribution in [2.45, 2.75) is 44.9 Å². The van der Waals surface area contributed by atoms with Crippen LogP contribution in [0.4, 0.5) is 0 Å². The van der Waals surface area contributed by atoms with E-state index in [0.29, 0.717) is 24.6 Å². The third kappa shape index (κ3) is 4.17. The fourth-order valence-electron chi connectivity index (χ4n) is 5.01. The number of rotatable bonds is 3. The van der Waals surface area contributed by atoms with Crippen LogP contribution in [-0.4, -0.2) is 62.4 Å². The first kappa shape index (κ1) is 21.4. The Morgan fingerprint density at radius 1 is 0.939 bits per heavy atom. The fraction of sp³-hybridized carbons (Fsp3) is 0.440. The number of piperidine rings is 2. The minimum Gasteiger partial charge on any atom is -0.339 e. The van der Waals surface area contributed by atoms with E-state index in [1.807, 2.05) is 11.1 Å². The Bertz CT molecular complexity index is 1250. The van der Waals surface area contributed by atoms with Crippen LogP contribution in [0, 0.1) is 6.92 Å². The van der Waals surface area contributed by atoms with Crippen LogP contribution < -0.4 is 5.56 Å². The first-order chi connectivity index (χ1) is 16.0. The average Bonchev–Trinajstić information content (AvgIpc) is 3.27. The number of pyridine rings is 2. The molecule has 33 heavy (non-hydrogen) atoms. The van der Waals surface area contributed by atoms with Crippen molar-refractivity contribution >= 4 is 17.3 Å². The van der Waals surface area contributed by atoms with Crippen LogP contribution in [-0.2, 0) is 0 Å². The van der Waals surface area contributed by atoms with Crippen LogP contribution in [0.15, 0.2) is 41.5 Å². The van der Waals surface area contributed by atoms with Crippen LogP contribution in [0.5, 0.6) is 0 Å². The molecule has 1 N–H and O–H groups in total. The van der Waals surface area contributed by atoms with Crippen molar-refractivity contribution in [1.82, 2.24) is 24.4 Å². The summed E-state index contributed by atoms with van der Waals surface area (Å²) < 4.78 is 1.77. The van der Waals surface area contributed by atoms with Gasteiger partial charge in [0.1, 0.15) is 5.56 Å². The van der Waals surface area contributed by atoms with E-state index in [4.69, 9.17) is 0 Å². The van der Waals surface area contributed by atoms with Gasteiger partial charge in [0, 0.05) is 38.1 Å². The molecule has 172 valence electrons. The number of nitrogens with zero attached hydrogens (tertiary/aromatic N) is 4. The zero-order chi connectivity index (χ0) is 22.9. The Balaban J connectivity index is 1.31. The second-order valence-electron chi connectivity index (χ2n) is 9.15. The lowest BCUT2D eigenvalue weighted by atomic mass is 9.89. The number of carbonyl (C=O) groups is 2. The Kier molecular flexibility index (Phi) is 5.74. The molecule has 2 amide bonds. The summed E-state index contributed by atoms with van der Waals surface area (Å²) in [6.07, 6.45) is 8.52. The number of hydrogen-bond acceptors (Lipinski definition) is 4. The highest BCUT2D eigenvalue weighted by Crippen LogP contribution is 2.30. The standard InChI is InChI=1S/C25H29N5O3/c1-17-5-6-20(23(31)27-17)24(32)29-12-7-18(8-13-29)19-9-14-30-22(15-19)21(16-26-30)25(33)28-10-3-2-4-11-28/h5-6,9,14-16,18H,2-4,7-8,10-13H2,1H3,(H,27,31). The number of fused-ring (bicyclic) bond motifs is 1. The largest absolute Gasteiger partial charge is 0.339 e. The van der Waals surface area contributed by atoms with Crippen molar-refractivity contribution in [3.63, 3.8) is 0 Å². The Labute approximate surface area is 192 Å². The normalized spacial score (nSPS) is 17.5. The molecule has 8 heteroatoms. The fourth-order valence-corrected chi connectivity index (χ4v) is 5.01. The number of carbonyl (C=O) groups excluding carboxylic acids is 2. The zero-order valence-corrected chi connectivity index (χ0v) is 18.9. The highest BCUT2D eigenvalue weighted by Gasteiger charge is 2.27. The molecule has 0 bridgehead atoms. The predicted octanol–water partition coefficient (Wildman–Crippen LogP) is 2.98. The topological polar surface area (TPSA) is 90.8 Å². The Hall–Kier alpha value is -3.42. The molecule has 5 rings (SSSR count). The maximum Gasteiger partial charge on any atom is 0.260 e. The number of amides is 2. The summed E-state index contributed by atoms with van der Waals surface area (Å²) in [4.78, 5) is 44.5. The molecule has 2 fully saturated rings. The Morgan fingerprint density at radius 2 is 1.64 bits per heavy atom. The molecule has 2 aliphatic rings. The number of nitrogens with one attached hydrogen (secondary N) is 1. The number of H-pyrrole nitrogens is 1. The molecule has 5 heterocycles. The van der Waals surface area contributed by atoms with Crippen molar-refractivity contribution < 1.29 is 9.59 Å². The molecule has 2 saturated heterocycles. The van der Waals surface area contributed by atoms with Gasteiger partial charge in [-0.05, 0) is 74.8 Å². The Morgan fingerprint density at radius 3 is 2.36 bits per heavy atom. The van der Waals surface area contributed by atoms with Gasteiger partial charge in [-0.2, -0.15) is 5.10 Å². The maximum atomic E-state index is 13.1. The van der Waals surface area contributed by atoms with E-state index in [2.05, 4.69) is 22.2 Å². The van der Waals surface area contributed by atoms with Crippen LogP contribution in [0.3, 0.4) is 0 Å². The van der Waals surface area contributed by atoms with Crippen LogP contribution in [0.25, 0.3) is 5.52 Å². The summed E-state index contributed by atoms with van der Waals surface area (Å²) in [5, 5.41) is 4.39. The molecule has 3 aromatic heterocycles. The van der Waals surface area contributed by atoms with E-state index in [9.17, 15) is 14.4 Å². The van der Waals surface area contributed by atoms with E-state index in [1.165, 1.54) is 6.42 Å². The van der Waals surface area contributed by atoms with Gasteiger partial charge >= 0.3 is 0 Å². The van der Waals surface area contributed by atoms with Crippen molar-refractivity contribution in [2.75, 3.05) is 26.2 Å². The molecule has 0 unspecified atom stereocenters. The number of hydrogen-bond donors (Lipinski definition) is 1. The third-order valence-corrected chi connectivity index (χ3v) is 6.96. The molecular weight excluding hydrogens is 418 g/mol. The van der Waals surface area contributed by atoms with Gasteiger partial charge in [0.15, 0.2) is 0 Å².